The van der Waals surface area contributed by atoms with Crippen molar-refractivity contribution in [1.29, 1.82) is 0 Å². The lowest BCUT2D eigenvalue weighted by Crippen LogP contribution is -2.24. The Morgan fingerprint density at radius 1 is 1.64 bits per heavy atom. The van der Waals surface area contributed by atoms with Crippen molar-refractivity contribution in [2.45, 2.75) is 19.3 Å². The summed E-state index contributed by atoms with van der Waals surface area (Å²) >= 11 is 4.67. The summed E-state index contributed by atoms with van der Waals surface area (Å²) in [7, 11) is 0. The van der Waals surface area contributed by atoms with E-state index < -0.39 is 0 Å². The first kappa shape index (κ1) is 8.53. The van der Waals surface area contributed by atoms with Crippen molar-refractivity contribution in [2.24, 2.45) is 11.7 Å². The molecular weight excluding hydrogens is 156 g/mol. The number of hydrogen-bond acceptors (Lipinski definition) is 2. The van der Waals surface area contributed by atoms with Gasteiger partial charge in [0.1, 0.15) is 0 Å². The molecule has 0 saturated heterocycles. The summed E-state index contributed by atoms with van der Waals surface area (Å²) in [4.78, 5) is 0.436. The number of nitrogens with one attached hydrogen (secondary N) is 1. The second-order valence-corrected chi connectivity index (χ2v) is 3.41. The average Bonchev–Trinajstić information content (AvgIpc) is 1.82. The fourth-order valence-electron chi connectivity index (χ4n) is 1.07. The first-order valence-corrected chi connectivity index (χ1v) is 4.39. The average molecular weight is 170 g/mol. The van der Waals surface area contributed by atoms with Gasteiger partial charge in [-0.05, 0) is 31.0 Å². The van der Waals surface area contributed by atoms with Crippen molar-refractivity contribution < 1.29 is 0 Å². The fraction of sp³-hybridized carbons (Fsp3) is 0.625. The molecule has 62 valence electrons. The third-order valence-corrected chi connectivity index (χ3v) is 2.13. The van der Waals surface area contributed by atoms with Crippen molar-refractivity contribution in [1.82, 2.24) is 5.32 Å². The van der Waals surface area contributed by atoms with E-state index in [1.54, 1.807) is 6.08 Å². The summed E-state index contributed by atoms with van der Waals surface area (Å²) in [5.41, 5.74) is 5.26. The maximum atomic E-state index is 5.26. The highest BCUT2D eigenvalue weighted by Crippen LogP contribution is 2.24. The lowest BCUT2D eigenvalue weighted by Gasteiger charge is -2.24. The van der Waals surface area contributed by atoms with Crippen molar-refractivity contribution >= 4 is 17.2 Å². The first-order valence-electron chi connectivity index (χ1n) is 3.98. The third kappa shape index (κ3) is 3.37. The van der Waals surface area contributed by atoms with Crippen LogP contribution in [0.2, 0.25) is 0 Å². The van der Waals surface area contributed by atoms with Gasteiger partial charge in [-0.3, -0.25) is 0 Å². The molecule has 1 aliphatic rings. The molecular formula is C8H14N2S. The maximum absolute atomic E-state index is 5.26. The molecule has 0 aromatic rings. The molecule has 0 atom stereocenters. The van der Waals surface area contributed by atoms with Crippen LogP contribution in [0, 0.1) is 5.92 Å². The molecule has 0 radical (unpaired) electrons. The SMILES string of the molecule is NC(=S)/C=C\NCC1CCC1. The van der Waals surface area contributed by atoms with E-state index in [0.29, 0.717) is 4.99 Å². The Morgan fingerprint density at radius 3 is 2.82 bits per heavy atom. The lowest BCUT2D eigenvalue weighted by molar-refractivity contribution is 0.312. The Labute approximate surface area is 72.8 Å². The fourth-order valence-corrected chi connectivity index (χ4v) is 1.14. The van der Waals surface area contributed by atoms with Crippen LogP contribution in [0.25, 0.3) is 0 Å². The second kappa shape index (κ2) is 4.34. The van der Waals surface area contributed by atoms with Crippen LogP contribution in [-0.4, -0.2) is 11.5 Å². The van der Waals surface area contributed by atoms with Crippen molar-refractivity contribution in [3.63, 3.8) is 0 Å². The van der Waals surface area contributed by atoms with Gasteiger partial charge in [0.15, 0.2) is 0 Å². The van der Waals surface area contributed by atoms with Crippen LogP contribution in [0.1, 0.15) is 19.3 Å². The molecule has 3 N–H and O–H groups in total. The molecule has 1 fully saturated rings. The zero-order chi connectivity index (χ0) is 8.10. The van der Waals surface area contributed by atoms with Gasteiger partial charge in [0.05, 0.1) is 4.99 Å². The second-order valence-electron chi connectivity index (χ2n) is 2.94. The lowest BCUT2D eigenvalue weighted by atomic mass is 9.85. The molecule has 2 nitrogen and oxygen atoms in total. The standard InChI is InChI=1S/C8H14N2S/c9-8(11)4-5-10-6-7-2-1-3-7/h4-5,7,10H,1-3,6H2,(H2,9,11)/b5-4-. The van der Waals surface area contributed by atoms with Crippen molar-refractivity contribution in [3.05, 3.63) is 12.3 Å². The van der Waals surface area contributed by atoms with E-state index in [2.05, 4.69) is 17.5 Å². The van der Waals surface area contributed by atoms with Gasteiger partial charge in [-0.1, -0.05) is 18.6 Å². The highest BCUT2D eigenvalue weighted by molar-refractivity contribution is 7.80. The predicted molar refractivity (Wildman–Crippen MR) is 51.3 cm³/mol. The van der Waals surface area contributed by atoms with Gasteiger partial charge in [0.2, 0.25) is 0 Å². The van der Waals surface area contributed by atoms with Crippen molar-refractivity contribution in [2.75, 3.05) is 6.54 Å². The van der Waals surface area contributed by atoms with E-state index in [1.165, 1.54) is 19.3 Å². The molecule has 1 rings (SSSR count). The number of nitrogens with two attached hydrogens (primary N) is 1. The Balaban J connectivity index is 1.98. The third-order valence-electron chi connectivity index (χ3n) is 2.00. The largest absolute Gasteiger partial charge is 0.391 e. The number of thiocarbonyl (C=S) groups is 1. The molecule has 3 heteroatoms. The van der Waals surface area contributed by atoms with E-state index in [0.717, 1.165) is 12.5 Å². The molecule has 1 saturated carbocycles. The highest BCUT2D eigenvalue weighted by Gasteiger charge is 2.15. The van der Waals surface area contributed by atoms with Gasteiger partial charge in [0.25, 0.3) is 0 Å². The van der Waals surface area contributed by atoms with E-state index in [-0.39, 0.29) is 0 Å². The van der Waals surface area contributed by atoms with Gasteiger partial charge in [-0.25, -0.2) is 0 Å². The summed E-state index contributed by atoms with van der Waals surface area (Å²) in [6.07, 6.45) is 7.68. The normalized spacial score (nSPS) is 18.2. The summed E-state index contributed by atoms with van der Waals surface area (Å²) in [6.45, 7) is 1.07. The maximum Gasteiger partial charge on any atom is 0.0976 e. The molecule has 11 heavy (non-hydrogen) atoms. The predicted octanol–water partition coefficient (Wildman–Crippen LogP) is 1.18. The quantitative estimate of drug-likeness (QED) is 0.491. The first-order chi connectivity index (χ1) is 5.29. The zero-order valence-electron chi connectivity index (χ0n) is 6.55. The van der Waals surface area contributed by atoms with Gasteiger partial charge < -0.3 is 11.1 Å². The summed E-state index contributed by atoms with van der Waals surface area (Å²) < 4.78 is 0. The van der Waals surface area contributed by atoms with Gasteiger partial charge in [-0.2, -0.15) is 0 Å². The van der Waals surface area contributed by atoms with Crippen molar-refractivity contribution in [3.8, 4) is 0 Å². The molecule has 0 aromatic heterocycles. The van der Waals surface area contributed by atoms with Crippen LogP contribution in [0.5, 0.6) is 0 Å². The molecule has 0 aliphatic heterocycles. The van der Waals surface area contributed by atoms with Gasteiger partial charge >= 0.3 is 0 Å². The smallest absolute Gasteiger partial charge is 0.0976 e. The van der Waals surface area contributed by atoms with Gasteiger partial charge in [-0.15, -0.1) is 0 Å². The highest BCUT2D eigenvalue weighted by atomic mass is 32.1. The van der Waals surface area contributed by atoms with E-state index in [1.807, 2.05) is 6.20 Å². The van der Waals surface area contributed by atoms with Crippen LogP contribution in [0.4, 0.5) is 0 Å². The molecule has 1 aliphatic carbocycles. The molecule has 0 spiro atoms. The summed E-state index contributed by atoms with van der Waals surface area (Å²) in [6, 6.07) is 0. The minimum atomic E-state index is 0.436. The van der Waals surface area contributed by atoms with Crippen LogP contribution < -0.4 is 11.1 Å². The molecule has 0 aromatic carbocycles. The Bertz CT molecular complexity index is 161. The zero-order valence-corrected chi connectivity index (χ0v) is 7.36. The molecule has 0 amide bonds. The monoisotopic (exact) mass is 170 g/mol. The Hall–Kier alpha value is -0.570. The van der Waals surface area contributed by atoms with E-state index in [9.17, 15) is 0 Å². The minimum absolute atomic E-state index is 0.436. The molecule has 0 unspecified atom stereocenters. The number of rotatable bonds is 4. The van der Waals surface area contributed by atoms with E-state index >= 15 is 0 Å². The minimum Gasteiger partial charge on any atom is -0.391 e. The topological polar surface area (TPSA) is 38.0 Å². The summed E-state index contributed by atoms with van der Waals surface area (Å²) in [5, 5.41) is 3.17. The van der Waals surface area contributed by atoms with Crippen LogP contribution >= 0.6 is 12.2 Å². The van der Waals surface area contributed by atoms with E-state index in [4.69, 9.17) is 5.73 Å². The van der Waals surface area contributed by atoms with Crippen LogP contribution in [-0.2, 0) is 0 Å². The van der Waals surface area contributed by atoms with Crippen LogP contribution in [0.15, 0.2) is 12.3 Å². The Morgan fingerprint density at radius 2 is 2.36 bits per heavy atom. The van der Waals surface area contributed by atoms with Gasteiger partial charge in [0, 0.05) is 6.54 Å². The molecule has 0 bridgehead atoms. The molecule has 0 heterocycles. The summed E-state index contributed by atoms with van der Waals surface area (Å²) in [5.74, 6) is 0.881. The van der Waals surface area contributed by atoms with Crippen LogP contribution in [0.3, 0.4) is 0 Å². The number of hydrogen-bond donors (Lipinski definition) is 2. The Kier molecular flexibility index (Phi) is 3.36.